The topological polar surface area (TPSA) is 72.5 Å². The van der Waals surface area contributed by atoms with Crippen molar-refractivity contribution in [2.24, 2.45) is 0 Å². The zero-order valence-electron chi connectivity index (χ0n) is 12.3. The smallest absolute Gasteiger partial charge is 0.310 e. The van der Waals surface area contributed by atoms with Gasteiger partial charge < -0.3 is 10.1 Å². The molecule has 1 heterocycles. The van der Waals surface area contributed by atoms with Gasteiger partial charge >= 0.3 is 5.97 Å². The lowest BCUT2D eigenvalue weighted by Crippen LogP contribution is -2.15. The fourth-order valence-corrected chi connectivity index (χ4v) is 2.78. The summed E-state index contributed by atoms with van der Waals surface area (Å²) in [5.41, 5.74) is 1.38. The van der Waals surface area contributed by atoms with E-state index in [1.165, 1.54) is 6.92 Å². The molecular formula is C16H14ClNO4S. The first-order chi connectivity index (χ1) is 10.9. The summed E-state index contributed by atoms with van der Waals surface area (Å²) in [5.74, 6) is -0.936. The van der Waals surface area contributed by atoms with Gasteiger partial charge in [-0.1, -0.05) is 23.7 Å². The molecule has 23 heavy (non-hydrogen) atoms. The number of Topliss-reactive ketones (excluding diaryl/α,β-unsaturated/α-hetero) is 1. The van der Waals surface area contributed by atoms with Crippen LogP contribution in [0.5, 0.6) is 0 Å². The molecule has 120 valence electrons. The molecular weight excluding hydrogens is 338 g/mol. The molecule has 0 aliphatic heterocycles. The lowest BCUT2D eigenvalue weighted by atomic mass is 10.1. The van der Waals surface area contributed by atoms with Crippen molar-refractivity contribution in [3.05, 3.63) is 51.2 Å². The van der Waals surface area contributed by atoms with Gasteiger partial charge in [0.1, 0.15) is 0 Å². The number of rotatable bonds is 6. The molecule has 0 radical (unpaired) electrons. The van der Waals surface area contributed by atoms with Crippen molar-refractivity contribution in [1.29, 1.82) is 0 Å². The second kappa shape index (κ2) is 7.89. The number of carbonyl (C=O) groups excluding carboxylic acids is 3. The van der Waals surface area contributed by atoms with E-state index in [-0.39, 0.29) is 24.7 Å². The first kappa shape index (κ1) is 17.2. The van der Waals surface area contributed by atoms with E-state index >= 15 is 0 Å². The molecule has 0 bridgehead atoms. The number of thiophene rings is 1. The molecule has 0 saturated carbocycles. The summed E-state index contributed by atoms with van der Waals surface area (Å²) in [5, 5.41) is 2.64. The maximum Gasteiger partial charge on any atom is 0.310 e. The molecule has 0 aliphatic rings. The number of ketones is 1. The minimum absolute atomic E-state index is 0.0544. The fraction of sp³-hybridized carbons (Fsp3) is 0.188. The van der Waals surface area contributed by atoms with Crippen LogP contribution in [0.4, 0.5) is 5.69 Å². The Hall–Kier alpha value is -2.18. The van der Waals surface area contributed by atoms with E-state index in [0.29, 0.717) is 14.9 Å². The molecule has 0 aliphatic carbocycles. The first-order valence-electron chi connectivity index (χ1n) is 6.75. The van der Waals surface area contributed by atoms with Crippen LogP contribution in [-0.4, -0.2) is 24.3 Å². The number of anilines is 1. The number of hydrogen-bond donors (Lipinski definition) is 1. The van der Waals surface area contributed by atoms with E-state index in [0.717, 1.165) is 16.9 Å². The van der Waals surface area contributed by atoms with Crippen molar-refractivity contribution in [2.75, 3.05) is 11.9 Å². The van der Waals surface area contributed by atoms with Gasteiger partial charge in [0.05, 0.1) is 15.6 Å². The number of amides is 1. The zero-order chi connectivity index (χ0) is 16.8. The largest absolute Gasteiger partial charge is 0.457 e. The maximum absolute atomic E-state index is 11.8. The molecule has 2 rings (SSSR count). The summed E-state index contributed by atoms with van der Waals surface area (Å²) in [7, 11) is 0. The summed E-state index contributed by atoms with van der Waals surface area (Å²) in [6.07, 6.45) is 0.0544. The van der Waals surface area contributed by atoms with Gasteiger partial charge in [0.2, 0.25) is 11.7 Å². The number of carbonyl (C=O) groups is 3. The average Bonchev–Trinajstić information content (AvgIpc) is 2.93. The number of ether oxygens (including phenoxy) is 1. The van der Waals surface area contributed by atoms with Crippen LogP contribution in [0, 0.1) is 0 Å². The van der Waals surface area contributed by atoms with Crippen molar-refractivity contribution in [3.63, 3.8) is 0 Å². The highest BCUT2D eigenvalue weighted by atomic mass is 35.5. The van der Waals surface area contributed by atoms with Crippen molar-refractivity contribution >= 4 is 46.3 Å². The fourth-order valence-electron chi connectivity index (χ4n) is 1.81. The molecule has 0 fully saturated rings. The van der Waals surface area contributed by atoms with Gasteiger partial charge in [-0.05, 0) is 29.8 Å². The third-order valence-electron chi connectivity index (χ3n) is 2.84. The van der Waals surface area contributed by atoms with Gasteiger partial charge in [-0.2, -0.15) is 0 Å². The van der Waals surface area contributed by atoms with E-state index in [1.54, 1.807) is 36.4 Å². The van der Waals surface area contributed by atoms with Gasteiger partial charge in [0.25, 0.3) is 0 Å². The highest BCUT2D eigenvalue weighted by Gasteiger charge is 2.12. The Morgan fingerprint density at radius 3 is 2.39 bits per heavy atom. The molecule has 1 aromatic carbocycles. The van der Waals surface area contributed by atoms with Crippen LogP contribution in [0.3, 0.4) is 0 Å². The summed E-state index contributed by atoms with van der Waals surface area (Å²) < 4.78 is 5.48. The maximum atomic E-state index is 11.8. The number of benzene rings is 1. The Morgan fingerprint density at radius 1 is 1.13 bits per heavy atom. The van der Waals surface area contributed by atoms with E-state index < -0.39 is 5.97 Å². The Balaban J connectivity index is 1.82. The zero-order valence-corrected chi connectivity index (χ0v) is 13.9. The second-order valence-corrected chi connectivity index (χ2v) is 6.46. The summed E-state index contributed by atoms with van der Waals surface area (Å²) in [6.45, 7) is 1.11. The molecule has 1 aromatic heterocycles. The lowest BCUT2D eigenvalue weighted by Gasteiger charge is -2.05. The van der Waals surface area contributed by atoms with Crippen molar-refractivity contribution in [2.45, 2.75) is 13.3 Å². The molecule has 0 spiro atoms. The Bertz CT molecular complexity index is 724. The van der Waals surface area contributed by atoms with Crippen LogP contribution in [0.25, 0.3) is 0 Å². The van der Waals surface area contributed by atoms with Crippen LogP contribution >= 0.6 is 22.9 Å². The quantitative estimate of drug-likeness (QED) is 0.640. The summed E-state index contributed by atoms with van der Waals surface area (Å²) in [4.78, 5) is 34.9. The van der Waals surface area contributed by atoms with E-state index in [2.05, 4.69) is 5.32 Å². The van der Waals surface area contributed by atoms with Crippen molar-refractivity contribution < 1.29 is 19.1 Å². The van der Waals surface area contributed by atoms with Crippen LogP contribution < -0.4 is 5.32 Å². The van der Waals surface area contributed by atoms with Crippen LogP contribution in [0.15, 0.2) is 36.4 Å². The van der Waals surface area contributed by atoms with Gasteiger partial charge in [0, 0.05) is 12.6 Å². The highest BCUT2D eigenvalue weighted by Crippen LogP contribution is 2.21. The SMILES string of the molecule is CC(=O)Nc1ccc(CC(=O)OCC(=O)c2ccc(Cl)s2)cc1. The Labute approximate surface area is 142 Å². The summed E-state index contributed by atoms with van der Waals surface area (Å²) in [6, 6.07) is 10.0. The monoisotopic (exact) mass is 351 g/mol. The third kappa shape index (κ3) is 5.50. The minimum Gasteiger partial charge on any atom is -0.457 e. The molecule has 1 amide bonds. The van der Waals surface area contributed by atoms with Crippen LogP contribution in [0.1, 0.15) is 22.2 Å². The normalized spacial score (nSPS) is 10.2. The average molecular weight is 352 g/mol. The predicted molar refractivity (Wildman–Crippen MR) is 89.1 cm³/mol. The lowest BCUT2D eigenvalue weighted by molar-refractivity contribution is -0.141. The third-order valence-corrected chi connectivity index (χ3v) is 4.11. The summed E-state index contributed by atoms with van der Waals surface area (Å²) >= 11 is 6.90. The highest BCUT2D eigenvalue weighted by molar-refractivity contribution is 7.18. The van der Waals surface area contributed by atoms with Crippen molar-refractivity contribution in [3.8, 4) is 0 Å². The standard InChI is InChI=1S/C16H14ClNO4S/c1-10(19)18-12-4-2-11(3-5-12)8-16(21)22-9-13(20)14-6-7-15(17)23-14/h2-7H,8-9H2,1H3,(H,18,19). The molecule has 5 nitrogen and oxygen atoms in total. The Morgan fingerprint density at radius 2 is 1.83 bits per heavy atom. The van der Waals surface area contributed by atoms with E-state index in [9.17, 15) is 14.4 Å². The first-order valence-corrected chi connectivity index (χ1v) is 7.94. The molecule has 7 heteroatoms. The van der Waals surface area contributed by atoms with Gasteiger partial charge in [-0.15, -0.1) is 11.3 Å². The van der Waals surface area contributed by atoms with Crippen LogP contribution in [-0.2, 0) is 20.7 Å². The molecule has 0 atom stereocenters. The van der Waals surface area contributed by atoms with Gasteiger partial charge in [0.15, 0.2) is 6.61 Å². The minimum atomic E-state index is -0.492. The van der Waals surface area contributed by atoms with E-state index in [1.807, 2.05) is 0 Å². The predicted octanol–water partition coefficient (Wildman–Crippen LogP) is 3.33. The molecule has 1 N–H and O–H groups in total. The van der Waals surface area contributed by atoms with Gasteiger partial charge in [-0.3, -0.25) is 14.4 Å². The van der Waals surface area contributed by atoms with Crippen molar-refractivity contribution in [1.82, 2.24) is 0 Å². The second-order valence-electron chi connectivity index (χ2n) is 4.74. The van der Waals surface area contributed by atoms with Crippen LogP contribution in [0.2, 0.25) is 4.34 Å². The van der Waals surface area contributed by atoms with Gasteiger partial charge in [-0.25, -0.2) is 0 Å². The molecule has 0 saturated heterocycles. The molecule has 0 unspecified atom stereocenters. The number of nitrogens with one attached hydrogen (secondary N) is 1. The molecule has 2 aromatic rings. The number of hydrogen-bond acceptors (Lipinski definition) is 5. The number of halogens is 1. The Kier molecular flexibility index (Phi) is 5.90. The van der Waals surface area contributed by atoms with E-state index in [4.69, 9.17) is 16.3 Å². The number of esters is 1.